The fraction of sp³-hybridized carbons (Fsp3) is 0.231. The van der Waals surface area contributed by atoms with Crippen molar-refractivity contribution < 1.29 is 0 Å². The Kier molecular flexibility index (Phi) is 7.18. The molecular weight excluding hydrogens is 442 g/mol. The number of fused-ring (bicyclic) bond motifs is 1. The van der Waals surface area contributed by atoms with Gasteiger partial charge in [-0.15, -0.1) is 0 Å². The molecule has 0 fully saturated rings. The zero-order valence-corrected chi connectivity index (χ0v) is 20.7. The third-order valence-corrected chi connectivity index (χ3v) is 5.45. The second-order valence-corrected chi connectivity index (χ2v) is 8.80. The van der Waals surface area contributed by atoms with Crippen LogP contribution in [0.25, 0.3) is 10.9 Å². The van der Waals surface area contributed by atoms with Crippen molar-refractivity contribution in [3.05, 3.63) is 82.8 Å². The minimum atomic E-state index is 0.438. The lowest BCUT2D eigenvalue weighted by molar-refractivity contribution is 0.963. The number of hydrogen-bond donors (Lipinski definition) is 4. The maximum absolute atomic E-state index is 5.57. The van der Waals surface area contributed by atoms with E-state index in [2.05, 4.69) is 75.1 Å². The molecule has 4 rings (SSSR count). The molecule has 0 saturated heterocycles. The summed E-state index contributed by atoms with van der Waals surface area (Å²) in [6.45, 7) is 8.56. The largest absolute Gasteiger partial charge is 0.361 e. The predicted molar refractivity (Wildman–Crippen MR) is 145 cm³/mol. The Morgan fingerprint density at radius 1 is 0.941 bits per heavy atom. The van der Waals surface area contributed by atoms with E-state index in [1.807, 2.05) is 38.2 Å². The summed E-state index contributed by atoms with van der Waals surface area (Å²) in [5.41, 5.74) is 7.36. The van der Waals surface area contributed by atoms with Crippen LogP contribution in [0.5, 0.6) is 0 Å². The molecule has 8 heteroatoms. The van der Waals surface area contributed by atoms with E-state index in [-0.39, 0.29) is 0 Å². The molecule has 0 unspecified atom stereocenters. The monoisotopic (exact) mass is 471 g/mol. The van der Waals surface area contributed by atoms with E-state index in [0.29, 0.717) is 23.6 Å². The second-order valence-electron chi connectivity index (χ2n) is 8.39. The normalized spacial score (nSPS) is 11.5. The number of anilines is 2. The highest BCUT2D eigenvalue weighted by Crippen LogP contribution is 2.18. The van der Waals surface area contributed by atoms with E-state index in [4.69, 9.17) is 17.2 Å². The van der Waals surface area contributed by atoms with E-state index in [1.54, 1.807) is 0 Å². The molecule has 174 valence electrons. The zero-order valence-electron chi connectivity index (χ0n) is 19.9. The maximum atomic E-state index is 5.57. The van der Waals surface area contributed by atoms with E-state index in [1.165, 1.54) is 22.1 Å². The van der Waals surface area contributed by atoms with Crippen molar-refractivity contribution in [2.75, 3.05) is 17.2 Å². The first-order valence-corrected chi connectivity index (χ1v) is 11.6. The number of aromatic amines is 1. The molecule has 0 radical (unpaired) electrons. The summed E-state index contributed by atoms with van der Waals surface area (Å²) < 4.78 is 0. The summed E-state index contributed by atoms with van der Waals surface area (Å²) in [7, 11) is 0. The van der Waals surface area contributed by atoms with Gasteiger partial charge in [0.2, 0.25) is 11.9 Å². The number of aliphatic imine (C=N–C) groups is 1. The van der Waals surface area contributed by atoms with Gasteiger partial charge in [-0.3, -0.25) is 10.3 Å². The van der Waals surface area contributed by atoms with Crippen LogP contribution < -0.4 is 16.0 Å². The Morgan fingerprint density at radius 3 is 2.38 bits per heavy atom. The van der Waals surface area contributed by atoms with Crippen LogP contribution in [0.3, 0.4) is 0 Å². The number of rotatable bonds is 5. The second kappa shape index (κ2) is 10.4. The predicted octanol–water partition coefficient (Wildman–Crippen LogP) is 5.19. The molecule has 0 aliphatic heterocycles. The van der Waals surface area contributed by atoms with Gasteiger partial charge in [-0.25, -0.2) is 9.97 Å². The Balaban J connectivity index is 1.51. The molecular formula is C26H29N7S. The van der Waals surface area contributed by atoms with E-state index < -0.39 is 0 Å². The van der Waals surface area contributed by atoms with Gasteiger partial charge in [0.25, 0.3) is 0 Å². The third kappa shape index (κ3) is 6.17. The molecule has 2 aromatic carbocycles. The van der Waals surface area contributed by atoms with Crippen LogP contribution in [0.15, 0.2) is 59.7 Å². The first-order valence-electron chi connectivity index (χ1n) is 11.2. The van der Waals surface area contributed by atoms with Crippen LogP contribution in [0.4, 0.5) is 11.6 Å². The van der Waals surface area contributed by atoms with Gasteiger partial charge in [0.15, 0.2) is 5.11 Å². The summed E-state index contributed by atoms with van der Waals surface area (Å²) in [4.78, 5) is 17.0. The van der Waals surface area contributed by atoms with Gasteiger partial charge in [-0.2, -0.15) is 0 Å². The molecule has 4 aromatic rings. The maximum Gasteiger partial charge on any atom is 0.229 e. The molecule has 0 saturated carbocycles. The summed E-state index contributed by atoms with van der Waals surface area (Å²) >= 11 is 5.57. The van der Waals surface area contributed by atoms with E-state index in [0.717, 1.165) is 29.0 Å². The Morgan fingerprint density at radius 2 is 1.65 bits per heavy atom. The molecule has 2 aromatic heterocycles. The number of nitrogens with zero attached hydrogens (tertiary/aromatic N) is 3. The molecule has 34 heavy (non-hydrogen) atoms. The van der Waals surface area contributed by atoms with E-state index >= 15 is 0 Å². The molecule has 0 amide bonds. The van der Waals surface area contributed by atoms with Crippen molar-refractivity contribution in [3.63, 3.8) is 0 Å². The highest BCUT2D eigenvalue weighted by molar-refractivity contribution is 7.80. The third-order valence-electron chi connectivity index (χ3n) is 5.25. The highest BCUT2D eigenvalue weighted by Gasteiger charge is 2.09. The molecule has 0 spiro atoms. The lowest BCUT2D eigenvalue weighted by Crippen LogP contribution is -2.39. The number of aryl methyl sites for hydroxylation is 4. The SMILES string of the molecule is Cc1cc(C)cc(NC(=S)NC(=NCCc2c[nH]c3ccccc23)Nc2nc(C)cc(C)n2)c1. The van der Waals surface area contributed by atoms with Crippen molar-refractivity contribution in [1.29, 1.82) is 0 Å². The Bertz CT molecular complexity index is 1320. The Labute approximate surface area is 205 Å². The summed E-state index contributed by atoms with van der Waals surface area (Å²) in [6, 6.07) is 16.4. The van der Waals surface area contributed by atoms with Crippen molar-refractivity contribution >= 4 is 45.8 Å². The van der Waals surface area contributed by atoms with Crippen LogP contribution in [0, 0.1) is 27.7 Å². The smallest absolute Gasteiger partial charge is 0.229 e. The average Bonchev–Trinajstić information content (AvgIpc) is 3.15. The average molecular weight is 472 g/mol. The highest BCUT2D eigenvalue weighted by atomic mass is 32.1. The van der Waals surface area contributed by atoms with Crippen molar-refractivity contribution in [2.45, 2.75) is 34.1 Å². The van der Waals surface area contributed by atoms with Crippen LogP contribution >= 0.6 is 12.2 Å². The fourth-order valence-electron chi connectivity index (χ4n) is 3.94. The van der Waals surface area contributed by atoms with Gasteiger partial charge in [-0.1, -0.05) is 24.3 Å². The molecule has 2 heterocycles. The van der Waals surface area contributed by atoms with Crippen molar-refractivity contribution in [2.24, 2.45) is 4.99 Å². The number of guanidine groups is 1. The van der Waals surface area contributed by atoms with Crippen LogP contribution in [-0.4, -0.2) is 32.6 Å². The lowest BCUT2D eigenvalue weighted by atomic mass is 10.1. The fourth-order valence-corrected chi connectivity index (χ4v) is 4.16. The molecule has 4 N–H and O–H groups in total. The van der Waals surface area contributed by atoms with Gasteiger partial charge >= 0.3 is 0 Å². The van der Waals surface area contributed by atoms with Gasteiger partial charge in [0.1, 0.15) is 0 Å². The standard InChI is InChI=1S/C26H29N7S/c1-16-11-17(2)13-21(12-16)31-26(34)33-24(32-25-29-18(3)14-19(4)30-25)27-10-9-20-15-28-23-8-6-5-7-22(20)23/h5-8,11-15,28H,9-10H2,1-4H3,(H3,27,29,30,31,32,33,34). The van der Waals surface area contributed by atoms with Crippen molar-refractivity contribution in [1.82, 2.24) is 20.3 Å². The van der Waals surface area contributed by atoms with Crippen molar-refractivity contribution in [3.8, 4) is 0 Å². The summed E-state index contributed by atoms with van der Waals surface area (Å²) in [5, 5.41) is 11.3. The molecule has 0 aliphatic carbocycles. The first-order chi connectivity index (χ1) is 16.4. The molecule has 7 nitrogen and oxygen atoms in total. The Hall–Kier alpha value is -3.78. The zero-order chi connectivity index (χ0) is 24.1. The van der Waals surface area contributed by atoms with Gasteiger partial charge in [0, 0.05) is 40.7 Å². The van der Waals surface area contributed by atoms with Gasteiger partial charge < -0.3 is 15.6 Å². The number of para-hydroxylation sites is 1. The van der Waals surface area contributed by atoms with Gasteiger partial charge in [0.05, 0.1) is 0 Å². The van der Waals surface area contributed by atoms with E-state index in [9.17, 15) is 0 Å². The minimum absolute atomic E-state index is 0.438. The topological polar surface area (TPSA) is 90.0 Å². The number of nitrogens with one attached hydrogen (secondary N) is 4. The van der Waals surface area contributed by atoms with Crippen LogP contribution in [-0.2, 0) is 6.42 Å². The molecule has 0 bridgehead atoms. The number of H-pyrrole nitrogens is 1. The van der Waals surface area contributed by atoms with Gasteiger partial charge in [-0.05, 0) is 87.3 Å². The molecule has 0 aliphatic rings. The molecule has 0 atom stereocenters. The summed E-state index contributed by atoms with van der Waals surface area (Å²) in [5.74, 6) is 0.969. The number of benzene rings is 2. The number of hydrogen-bond acceptors (Lipinski definition) is 4. The summed E-state index contributed by atoms with van der Waals surface area (Å²) in [6.07, 6.45) is 2.82. The number of thiocarbonyl (C=S) groups is 1. The minimum Gasteiger partial charge on any atom is -0.361 e. The quantitative estimate of drug-likeness (QED) is 0.182. The number of aromatic nitrogens is 3. The lowest BCUT2D eigenvalue weighted by Gasteiger charge is -2.15. The van der Waals surface area contributed by atoms with Crippen LogP contribution in [0.1, 0.15) is 28.1 Å². The van der Waals surface area contributed by atoms with Crippen LogP contribution in [0.2, 0.25) is 0 Å². The first kappa shape index (κ1) is 23.4.